The highest BCUT2D eigenvalue weighted by Crippen LogP contribution is 2.25. The highest BCUT2D eigenvalue weighted by molar-refractivity contribution is 5.94. The Kier molecular flexibility index (Phi) is 8.27. The first-order valence-electron chi connectivity index (χ1n) is 10.8. The van der Waals surface area contributed by atoms with Crippen LogP contribution in [0.3, 0.4) is 0 Å². The Morgan fingerprint density at radius 3 is 2.16 bits per heavy atom. The molecule has 5 nitrogen and oxygen atoms in total. The molecule has 1 fully saturated rings. The molecule has 1 aliphatic heterocycles. The van der Waals surface area contributed by atoms with Gasteiger partial charge in [-0.25, -0.2) is 0 Å². The second-order valence-electron chi connectivity index (χ2n) is 7.91. The first-order chi connectivity index (χ1) is 15.3. The van der Waals surface area contributed by atoms with Crippen molar-refractivity contribution >= 4 is 17.5 Å². The zero-order chi connectivity index (χ0) is 23.0. The van der Waals surface area contributed by atoms with Crippen LogP contribution < -0.4 is 10.2 Å². The molecule has 0 spiro atoms. The highest BCUT2D eigenvalue weighted by atomic mass is 19.4. The maximum Gasteiger partial charge on any atom is 0.471 e. The van der Waals surface area contributed by atoms with E-state index in [-0.39, 0.29) is 24.9 Å². The fraction of sp³-hybridized carbons (Fsp3) is 0.417. The third kappa shape index (κ3) is 6.82. The van der Waals surface area contributed by atoms with Gasteiger partial charge in [-0.3, -0.25) is 9.59 Å². The summed E-state index contributed by atoms with van der Waals surface area (Å²) in [6.07, 6.45) is -2.61. The lowest BCUT2D eigenvalue weighted by Crippen LogP contribution is -2.49. The van der Waals surface area contributed by atoms with Crippen molar-refractivity contribution in [2.75, 3.05) is 31.1 Å². The van der Waals surface area contributed by atoms with Crippen LogP contribution in [0.4, 0.5) is 18.9 Å². The number of amides is 2. The summed E-state index contributed by atoms with van der Waals surface area (Å²) in [6, 6.07) is 19.4. The van der Waals surface area contributed by atoms with Crippen LogP contribution in [0.1, 0.15) is 24.8 Å². The van der Waals surface area contributed by atoms with Gasteiger partial charge in [0.1, 0.15) is 0 Å². The number of anilines is 1. The van der Waals surface area contributed by atoms with Crippen LogP contribution in [0.2, 0.25) is 0 Å². The summed E-state index contributed by atoms with van der Waals surface area (Å²) in [6.45, 7) is 2.29. The van der Waals surface area contributed by atoms with Crippen LogP contribution in [0, 0.1) is 0 Å². The average Bonchev–Trinajstić information content (AvgIpc) is 2.79. The van der Waals surface area contributed by atoms with Crippen LogP contribution in [0.5, 0.6) is 0 Å². The molecule has 1 saturated heterocycles. The van der Waals surface area contributed by atoms with Gasteiger partial charge in [0, 0.05) is 44.3 Å². The molecule has 0 radical (unpaired) electrons. The van der Waals surface area contributed by atoms with Crippen LogP contribution in [0.15, 0.2) is 60.7 Å². The standard InChI is InChI=1S/C24H28F3N3O2/c25-24(26,27)23(32)28-15-11-22(31)30(20-9-5-2-6-10-20)21-13-17-29(18-14-21)16-12-19-7-3-1-4-8-19/h1-10,21H,11-18H2,(H,28,32). The van der Waals surface area contributed by atoms with Gasteiger partial charge in [-0.15, -0.1) is 0 Å². The SMILES string of the molecule is O=C(CCNC(=O)C(F)(F)F)N(c1ccccc1)C1CCN(CCc2ccccc2)CC1. The topological polar surface area (TPSA) is 52.7 Å². The van der Waals surface area contributed by atoms with Crippen molar-refractivity contribution in [3.8, 4) is 0 Å². The normalized spacial score (nSPS) is 15.3. The molecular formula is C24H28F3N3O2. The number of alkyl halides is 3. The van der Waals surface area contributed by atoms with E-state index in [1.165, 1.54) is 5.56 Å². The summed E-state index contributed by atoms with van der Waals surface area (Å²) in [5, 5.41) is 1.78. The monoisotopic (exact) mass is 447 g/mol. The largest absolute Gasteiger partial charge is 0.471 e. The van der Waals surface area contributed by atoms with Gasteiger partial charge in [-0.1, -0.05) is 48.5 Å². The molecule has 1 heterocycles. The number of nitrogens with one attached hydrogen (secondary N) is 1. The summed E-state index contributed by atoms with van der Waals surface area (Å²) in [4.78, 5) is 28.0. The summed E-state index contributed by atoms with van der Waals surface area (Å²) < 4.78 is 37.2. The molecule has 2 aromatic rings. The molecule has 0 aliphatic carbocycles. The van der Waals surface area contributed by atoms with Crippen LogP contribution in [-0.2, 0) is 16.0 Å². The van der Waals surface area contributed by atoms with Crippen molar-refractivity contribution in [1.29, 1.82) is 0 Å². The Bertz CT molecular complexity index is 867. The maximum atomic E-state index is 12.9. The minimum Gasteiger partial charge on any atom is -0.348 e. The second kappa shape index (κ2) is 11.1. The van der Waals surface area contributed by atoms with E-state index in [9.17, 15) is 22.8 Å². The number of likely N-dealkylation sites (tertiary alicyclic amines) is 1. The van der Waals surface area contributed by atoms with Crippen molar-refractivity contribution in [2.24, 2.45) is 0 Å². The number of hydrogen-bond donors (Lipinski definition) is 1. The fourth-order valence-electron chi connectivity index (χ4n) is 3.98. The third-order valence-corrected chi connectivity index (χ3v) is 5.67. The van der Waals surface area contributed by atoms with E-state index >= 15 is 0 Å². The van der Waals surface area contributed by atoms with Crippen LogP contribution in [-0.4, -0.2) is 55.1 Å². The van der Waals surface area contributed by atoms with Gasteiger partial charge in [-0.05, 0) is 37.0 Å². The molecule has 3 rings (SSSR count). The third-order valence-electron chi connectivity index (χ3n) is 5.67. The molecule has 1 aliphatic rings. The molecule has 1 N–H and O–H groups in total. The van der Waals surface area contributed by atoms with Gasteiger partial charge in [0.2, 0.25) is 5.91 Å². The van der Waals surface area contributed by atoms with Gasteiger partial charge in [0.25, 0.3) is 0 Å². The van der Waals surface area contributed by atoms with E-state index in [1.807, 2.05) is 48.5 Å². The quantitative estimate of drug-likeness (QED) is 0.670. The molecule has 0 unspecified atom stereocenters. The number of rotatable bonds is 8. The van der Waals surface area contributed by atoms with Crippen LogP contribution in [0.25, 0.3) is 0 Å². The zero-order valence-electron chi connectivity index (χ0n) is 17.9. The van der Waals surface area contributed by atoms with Crippen molar-refractivity contribution in [3.05, 3.63) is 66.2 Å². The molecule has 0 bridgehead atoms. The second-order valence-corrected chi connectivity index (χ2v) is 7.91. The Morgan fingerprint density at radius 1 is 0.969 bits per heavy atom. The van der Waals surface area contributed by atoms with Crippen molar-refractivity contribution < 1.29 is 22.8 Å². The highest BCUT2D eigenvalue weighted by Gasteiger charge is 2.38. The number of carbonyl (C=O) groups excluding carboxylic acids is 2. The molecule has 2 aromatic carbocycles. The molecular weight excluding hydrogens is 419 g/mol. The molecule has 2 amide bonds. The predicted octanol–water partition coefficient (Wildman–Crippen LogP) is 3.80. The lowest BCUT2D eigenvalue weighted by atomic mass is 10.0. The van der Waals surface area contributed by atoms with E-state index in [0.717, 1.165) is 44.6 Å². The molecule has 8 heteroatoms. The molecule has 0 atom stereocenters. The minimum atomic E-state index is -4.95. The Balaban J connectivity index is 1.56. The first kappa shape index (κ1) is 23.8. The van der Waals surface area contributed by atoms with Gasteiger partial charge >= 0.3 is 12.1 Å². The van der Waals surface area contributed by atoms with Crippen molar-refractivity contribution in [3.63, 3.8) is 0 Å². The number of hydrogen-bond acceptors (Lipinski definition) is 3. The smallest absolute Gasteiger partial charge is 0.348 e. The number of nitrogens with zero attached hydrogens (tertiary/aromatic N) is 2. The summed E-state index contributed by atoms with van der Waals surface area (Å²) in [5.41, 5.74) is 2.01. The summed E-state index contributed by atoms with van der Waals surface area (Å²) in [5.74, 6) is -2.32. The van der Waals surface area contributed by atoms with E-state index in [1.54, 1.807) is 10.2 Å². The Hall–Kier alpha value is -2.87. The number of para-hydroxylation sites is 1. The fourth-order valence-corrected chi connectivity index (χ4v) is 3.98. The molecule has 172 valence electrons. The lowest BCUT2D eigenvalue weighted by molar-refractivity contribution is -0.173. The number of carbonyl (C=O) groups is 2. The van der Waals surface area contributed by atoms with E-state index < -0.39 is 12.1 Å². The van der Waals surface area contributed by atoms with Gasteiger partial charge in [0.15, 0.2) is 0 Å². The van der Waals surface area contributed by atoms with Crippen molar-refractivity contribution in [2.45, 2.75) is 37.9 Å². The first-order valence-corrected chi connectivity index (χ1v) is 10.8. The number of benzene rings is 2. The van der Waals surface area contributed by atoms with Crippen LogP contribution >= 0.6 is 0 Å². The summed E-state index contributed by atoms with van der Waals surface area (Å²) in [7, 11) is 0. The maximum absolute atomic E-state index is 12.9. The molecule has 0 aromatic heterocycles. The minimum absolute atomic E-state index is 0.0313. The molecule has 0 saturated carbocycles. The van der Waals surface area contributed by atoms with E-state index in [2.05, 4.69) is 17.0 Å². The average molecular weight is 448 g/mol. The summed E-state index contributed by atoms with van der Waals surface area (Å²) >= 11 is 0. The number of halogens is 3. The van der Waals surface area contributed by atoms with Gasteiger partial charge in [-0.2, -0.15) is 13.2 Å². The van der Waals surface area contributed by atoms with E-state index in [4.69, 9.17) is 0 Å². The molecule has 32 heavy (non-hydrogen) atoms. The van der Waals surface area contributed by atoms with Gasteiger partial charge < -0.3 is 15.1 Å². The Morgan fingerprint density at radius 2 is 1.56 bits per heavy atom. The number of piperidine rings is 1. The predicted molar refractivity (Wildman–Crippen MR) is 117 cm³/mol. The lowest BCUT2D eigenvalue weighted by Gasteiger charge is -2.38. The van der Waals surface area contributed by atoms with Crippen molar-refractivity contribution in [1.82, 2.24) is 10.2 Å². The van der Waals surface area contributed by atoms with E-state index in [0.29, 0.717) is 0 Å². The zero-order valence-corrected chi connectivity index (χ0v) is 17.9. The van der Waals surface area contributed by atoms with Gasteiger partial charge in [0.05, 0.1) is 0 Å². The Labute approximate surface area is 186 Å².